The predicted octanol–water partition coefficient (Wildman–Crippen LogP) is 5.87. The molecule has 0 saturated heterocycles. The molecule has 4 aromatic rings. The van der Waals surface area contributed by atoms with E-state index in [1.165, 1.54) is 5.56 Å². The summed E-state index contributed by atoms with van der Waals surface area (Å²) in [6.07, 6.45) is 2.06. The van der Waals surface area contributed by atoms with Crippen molar-refractivity contribution in [2.75, 3.05) is 38.0 Å². The Morgan fingerprint density at radius 2 is 1.59 bits per heavy atom. The highest BCUT2D eigenvalue weighted by molar-refractivity contribution is 6.17. The van der Waals surface area contributed by atoms with Crippen molar-refractivity contribution in [3.05, 3.63) is 90.4 Å². The number of benzene rings is 3. The summed E-state index contributed by atoms with van der Waals surface area (Å²) in [6, 6.07) is 21.1. The van der Waals surface area contributed by atoms with Crippen LogP contribution in [0, 0.1) is 5.41 Å². The molecule has 0 amide bonds. The number of nitrogens with zero attached hydrogens (tertiary/aromatic N) is 4. The van der Waals surface area contributed by atoms with Gasteiger partial charge in [-0.05, 0) is 59.2 Å². The fourth-order valence-corrected chi connectivity index (χ4v) is 4.84. The molecule has 7 heteroatoms. The van der Waals surface area contributed by atoms with E-state index in [0.29, 0.717) is 11.8 Å². The standard InChI is InChI=1S/C30H33N7/c1-18-24-16-23(36(5)19(2)31)12-14-28(24)34-29(18)26-17-33-27-13-9-21(15-25(26)27)20-7-10-22(11-8-20)37(6)30(32)35(3)4/h7-18,32-33H,2,31H2,1,3-6H3. The number of guanidine groups is 1. The number of H-pyrrole nitrogens is 1. The van der Waals surface area contributed by atoms with E-state index in [9.17, 15) is 0 Å². The molecule has 1 aliphatic rings. The summed E-state index contributed by atoms with van der Waals surface area (Å²) in [6.45, 7) is 6.06. The van der Waals surface area contributed by atoms with Gasteiger partial charge >= 0.3 is 0 Å². The van der Waals surface area contributed by atoms with Gasteiger partial charge in [0.15, 0.2) is 5.96 Å². The summed E-state index contributed by atoms with van der Waals surface area (Å²) in [7, 11) is 7.58. The van der Waals surface area contributed by atoms with Gasteiger partial charge in [0, 0.05) is 68.1 Å². The molecular formula is C30H33N7. The van der Waals surface area contributed by atoms with Crippen molar-refractivity contribution in [2.24, 2.45) is 10.7 Å². The molecule has 188 valence electrons. The van der Waals surface area contributed by atoms with Crippen LogP contribution in [-0.4, -0.2) is 49.7 Å². The molecule has 37 heavy (non-hydrogen) atoms. The minimum atomic E-state index is 0.152. The third-order valence-corrected chi connectivity index (χ3v) is 7.23. The predicted molar refractivity (Wildman–Crippen MR) is 156 cm³/mol. The molecule has 2 heterocycles. The molecular weight excluding hydrogens is 458 g/mol. The van der Waals surface area contributed by atoms with Crippen LogP contribution in [0.25, 0.3) is 22.0 Å². The maximum absolute atomic E-state index is 8.22. The van der Waals surface area contributed by atoms with E-state index >= 15 is 0 Å². The van der Waals surface area contributed by atoms with Gasteiger partial charge in [-0.15, -0.1) is 0 Å². The molecule has 0 saturated carbocycles. The average molecular weight is 492 g/mol. The van der Waals surface area contributed by atoms with Crippen LogP contribution in [0.3, 0.4) is 0 Å². The second-order valence-electron chi connectivity index (χ2n) is 9.80. The van der Waals surface area contributed by atoms with Gasteiger partial charge < -0.3 is 25.4 Å². The summed E-state index contributed by atoms with van der Waals surface area (Å²) in [5.74, 6) is 1.09. The summed E-state index contributed by atoms with van der Waals surface area (Å²) < 4.78 is 0. The minimum Gasteiger partial charge on any atom is -0.386 e. The van der Waals surface area contributed by atoms with Gasteiger partial charge in [0.25, 0.3) is 0 Å². The zero-order chi connectivity index (χ0) is 26.4. The van der Waals surface area contributed by atoms with Gasteiger partial charge in [0.2, 0.25) is 0 Å². The summed E-state index contributed by atoms with van der Waals surface area (Å²) in [4.78, 5) is 14.0. The van der Waals surface area contributed by atoms with Crippen LogP contribution in [0.2, 0.25) is 0 Å². The van der Waals surface area contributed by atoms with Crippen LogP contribution in [-0.2, 0) is 0 Å². The van der Waals surface area contributed by atoms with Crippen LogP contribution in [0.4, 0.5) is 17.1 Å². The lowest BCUT2D eigenvalue weighted by atomic mass is 9.92. The van der Waals surface area contributed by atoms with Gasteiger partial charge in [0.1, 0.15) is 0 Å². The van der Waals surface area contributed by atoms with Crippen molar-refractivity contribution in [1.82, 2.24) is 9.88 Å². The zero-order valence-corrected chi connectivity index (χ0v) is 22.0. The van der Waals surface area contributed by atoms with Crippen molar-refractivity contribution in [3.63, 3.8) is 0 Å². The normalized spacial score (nSPS) is 14.3. The van der Waals surface area contributed by atoms with Crippen LogP contribution in [0.15, 0.2) is 84.3 Å². The maximum Gasteiger partial charge on any atom is 0.197 e. The molecule has 1 aromatic heterocycles. The Morgan fingerprint density at radius 3 is 2.27 bits per heavy atom. The van der Waals surface area contributed by atoms with Crippen molar-refractivity contribution >= 4 is 39.6 Å². The molecule has 1 atom stereocenters. The highest BCUT2D eigenvalue weighted by Gasteiger charge is 2.27. The van der Waals surface area contributed by atoms with Gasteiger partial charge in [-0.3, -0.25) is 10.4 Å². The first-order valence-electron chi connectivity index (χ1n) is 12.3. The number of aromatic nitrogens is 1. The third kappa shape index (κ3) is 4.22. The Morgan fingerprint density at radius 1 is 0.919 bits per heavy atom. The van der Waals surface area contributed by atoms with E-state index in [2.05, 4.69) is 79.3 Å². The Labute approximate surface area is 218 Å². The lowest BCUT2D eigenvalue weighted by Gasteiger charge is -2.25. The lowest BCUT2D eigenvalue weighted by Crippen LogP contribution is -2.37. The van der Waals surface area contributed by atoms with Crippen molar-refractivity contribution < 1.29 is 0 Å². The summed E-state index contributed by atoms with van der Waals surface area (Å²) in [5.41, 5.74) is 15.6. The largest absolute Gasteiger partial charge is 0.386 e. The molecule has 0 bridgehead atoms. The Balaban J connectivity index is 1.46. The SMILES string of the molecule is C=C(N)N(C)c1ccc2c(c1)C(C)C(c1c[nH]c3ccc(-c4ccc(N(C)C(=N)N(C)C)cc4)cc13)=N2. The first-order chi connectivity index (χ1) is 17.7. The van der Waals surface area contributed by atoms with Crippen LogP contribution < -0.4 is 15.5 Å². The third-order valence-electron chi connectivity index (χ3n) is 7.23. The first-order valence-corrected chi connectivity index (χ1v) is 12.3. The Bertz CT molecular complexity index is 1540. The van der Waals surface area contributed by atoms with Crippen molar-refractivity contribution in [2.45, 2.75) is 12.8 Å². The molecule has 1 aliphatic heterocycles. The number of nitrogens with two attached hydrogens (primary N) is 1. The van der Waals surface area contributed by atoms with E-state index in [1.807, 2.05) is 44.1 Å². The topological polar surface area (TPSA) is 87.7 Å². The van der Waals surface area contributed by atoms with E-state index in [1.54, 1.807) is 4.90 Å². The van der Waals surface area contributed by atoms with Crippen LogP contribution in [0.5, 0.6) is 0 Å². The second-order valence-corrected chi connectivity index (χ2v) is 9.80. The molecule has 7 nitrogen and oxygen atoms in total. The lowest BCUT2D eigenvalue weighted by molar-refractivity contribution is 0.603. The average Bonchev–Trinajstić information content (AvgIpc) is 3.47. The number of nitrogens with one attached hydrogen (secondary N) is 2. The number of hydrogen-bond donors (Lipinski definition) is 3. The molecule has 0 spiro atoms. The van der Waals surface area contributed by atoms with Crippen molar-refractivity contribution in [1.29, 1.82) is 5.41 Å². The van der Waals surface area contributed by atoms with Crippen molar-refractivity contribution in [3.8, 4) is 11.1 Å². The smallest absolute Gasteiger partial charge is 0.197 e. The Kier molecular flexibility index (Phi) is 5.99. The molecule has 0 fully saturated rings. The van der Waals surface area contributed by atoms with Crippen LogP contribution in [0.1, 0.15) is 24.0 Å². The van der Waals surface area contributed by atoms with Gasteiger partial charge in [-0.2, -0.15) is 0 Å². The monoisotopic (exact) mass is 491 g/mol. The number of aromatic amines is 1. The van der Waals surface area contributed by atoms with E-state index in [-0.39, 0.29) is 5.92 Å². The molecule has 4 N–H and O–H groups in total. The maximum atomic E-state index is 8.22. The summed E-state index contributed by atoms with van der Waals surface area (Å²) in [5, 5.41) is 9.38. The fourth-order valence-electron chi connectivity index (χ4n) is 4.84. The van der Waals surface area contributed by atoms with E-state index < -0.39 is 0 Å². The molecule has 1 unspecified atom stereocenters. The number of fused-ring (bicyclic) bond motifs is 2. The quantitative estimate of drug-likeness (QED) is 0.241. The molecule has 0 aliphatic carbocycles. The summed E-state index contributed by atoms with van der Waals surface area (Å²) >= 11 is 0. The number of rotatable bonds is 5. The number of anilines is 2. The van der Waals surface area contributed by atoms with Gasteiger partial charge in [-0.25, -0.2) is 0 Å². The minimum absolute atomic E-state index is 0.152. The van der Waals surface area contributed by atoms with Gasteiger partial charge in [0.05, 0.1) is 17.2 Å². The molecule has 3 aromatic carbocycles. The van der Waals surface area contributed by atoms with Gasteiger partial charge in [-0.1, -0.05) is 31.7 Å². The molecule has 5 rings (SSSR count). The number of aliphatic imine (C=N–C) groups is 1. The zero-order valence-electron chi connectivity index (χ0n) is 22.0. The van der Waals surface area contributed by atoms with E-state index in [0.717, 1.165) is 50.4 Å². The number of hydrogen-bond acceptors (Lipinski definition) is 4. The second kappa shape index (κ2) is 9.17. The van der Waals surface area contributed by atoms with E-state index in [4.69, 9.17) is 16.1 Å². The van der Waals surface area contributed by atoms with Crippen LogP contribution >= 0.6 is 0 Å². The highest BCUT2D eigenvalue weighted by Crippen LogP contribution is 2.41. The molecule has 0 radical (unpaired) electrons. The highest BCUT2D eigenvalue weighted by atomic mass is 15.3. The Hall–Kier alpha value is -4.52. The fraction of sp³-hybridized carbons (Fsp3) is 0.200. The first kappa shape index (κ1) is 24.2.